The Bertz CT molecular complexity index is 379. The van der Waals surface area contributed by atoms with Crippen molar-refractivity contribution in [3.05, 3.63) is 34.3 Å². The predicted octanol–water partition coefficient (Wildman–Crippen LogP) is 1.93. The van der Waals surface area contributed by atoms with Gasteiger partial charge >= 0.3 is 6.09 Å². The summed E-state index contributed by atoms with van der Waals surface area (Å²) >= 11 is 3.35. The molecule has 1 unspecified atom stereocenters. The van der Waals surface area contributed by atoms with Crippen molar-refractivity contribution in [2.45, 2.75) is 6.10 Å². The van der Waals surface area contributed by atoms with E-state index in [0.717, 1.165) is 10.0 Å². The summed E-state index contributed by atoms with van der Waals surface area (Å²) in [4.78, 5) is 12.9. The average Bonchev–Trinajstić information content (AvgIpc) is 2.62. The van der Waals surface area contributed by atoms with Gasteiger partial charge in [0, 0.05) is 11.0 Å². The number of halogens is 1. The lowest BCUT2D eigenvalue weighted by Gasteiger charge is -2.10. The van der Waals surface area contributed by atoms with Crippen molar-refractivity contribution in [1.29, 1.82) is 0 Å². The highest BCUT2D eigenvalue weighted by molar-refractivity contribution is 9.10. The summed E-state index contributed by atoms with van der Waals surface area (Å²) in [5, 5.41) is 8.78. The third-order valence-corrected chi connectivity index (χ3v) is 3.03. The highest BCUT2D eigenvalue weighted by atomic mass is 79.9. The summed E-state index contributed by atoms with van der Waals surface area (Å²) in [5.41, 5.74) is 0.969. The fourth-order valence-electron chi connectivity index (χ4n) is 1.66. The van der Waals surface area contributed by atoms with E-state index in [2.05, 4.69) is 15.9 Å². The van der Waals surface area contributed by atoms with Gasteiger partial charge in [0.25, 0.3) is 0 Å². The molecular weight excluding hydrogens is 274 g/mol. The molecule has 2 rings (SSSR count). The number of β-amino-alcohol motifs (C(OH)–C–C–N with tert-alkyl or cyclic N) is 1. The molecule has 0 saturated carbocycles. The number of benzene rings is 1. The number of carbonyl (C=O) groups is 1. The molecule has 1 amide bonds. The van der Waals surface area contributed by atoms with Crippen LogP contribution in [-0.4, -0.2) is 35.8 Å². The maximum Gasteiger partial charge on any atom is 0.410 e. The highest BCUT2D eigenvalue weighted by Gasteiger charge is 2.31. The van der Waals surface area contributed by atoms with E-state index in [1.54, 1.807) is 0 Å². The van der Waals surface area contributed by atoms with Crippen LogP contribution in [0.5, 0.6) is 0 Å². The summed E-state index contributed by atoms with van der Waals surface area (Å²) in [5.74, 6) is 0. The van der Waals surface area contributed by atoms with Crippen LogP contribution in [0.25, 0.3) is 0 Å². The molecule has 1 aromatic carbocycles. The van der Waals surface area contributed by atoms with E-state index in [9.17, 15) is 4.79 Å². The molecule has 5 heteroatoms. The predicted molar refractivity (Wildman–Crippen MR) is 62.0 cm³/mol. The number of hydrogen-bond donors (Lipinski definition) is 1. The highest BCUT2D eigenvalue weighted by Crippen LogP contribution is 2.26. The number of amides is 1. The molecule has 1 aliphatic rings. The van der Waals surface area contributed by atoms with Crippen molar-refractivity contribution in [2.75, 3.05) is 19.7 Å². The summed E-state index contributed by atoms with van der Waals surface area (Å²) in [6, 6.07) is 7.67. The van der Waals surface area contributed by atoms with Gasteiger partial charge < -0.3 is 14.7 Å². The zero-order valence-electron chi connectivity index (χ0n) is 8.60. The van der Waals surface area contributed by atoms with Gasteiger partial charge in [-0.1, -0.05) is 28.1 Å². The molecule has 16 heavy (non-hydrogen) atoms. The number of nitrogens with zero attached hydrogens (tertiary/aromatic N) is 1. The van der Waals surface area contributed by atoms with Crippen molar-refractivity contribution < 1.29 is 14.6 Å². The van der Waals surface area contributed by atoms with E-state index < -0.39 is 0 Å². The second kappa shape index (κ2) is 4.84. The van der Waals surface area contributed by atoms with Crippen LogP contribution in [0.3, 0.4) is 0 Å². The van der Waals surface area contributed by atoms with Crippen molar-refractivity contribution >= 4 is 22.0 Å². The second-order valence-corrected chi connectivity index (χ2v) is 4.51. The summed E-state index contributed by atoms with van der Waals surface area (Å²) in [6.07, 6.45) is -0.589. The Hall–Kier alpha value is -1.07. The molecule has 1 aromatic rings. The summed E-state index contributed by atoms with van der Waals surface area (Å²) < 4.78 is 6.21. The van der Waals surface area contributed by atoms with Crippen LogP contribution in [0.15, 0.2) is 28.7 Å². The van der Waals surface area contributed by atoms with Crippen LogP contribution < -0.4 is 0 Å². The Kier molecular flexibility index (Phi) is 3.46. The van der Waals surface area contributed by atoms with Gasteiger partial charge in [0.1, 0.15) is 6.10 Å². The van der Waals surface area contributed by atoms with Crippen LogP contribution in [0.4, 0.5) is 4.79 Å². The molecule has 1 aliphatic heterocycles. The minimum Gasteiger partial charge on any atom is -0.439 e. The fourth-order valence-corrected chi connectivity index (χ4v) is 1.93. The van der Waals surface area contributed by atoms with Gasteiger partial charge in [0.15, 0.2) is 0 Å². The fraction of sp³-hybridized carbons (Fsp3) is 0.364. The summed E-state index contributed by atoms with van der Waals surface area (Å²) in [7, 11) is 0. The molecule has 4 nitrogen and oxygen atoms in total. The van der Waals surface area contributed by atoms with E-state index in [0.29, 0.717) is 13.1 Å². The maximum atomic E-state index is 11.4. The lowest BCUT2D eigenvalue weighted by Crippen LogP contribution is -2.27. The first-order chi connectivity index (χ1) is 7.70. The lowest BCUT2D eigenvalue weighted by molar-refractivity contribution is 0.130. The zero-order chi connectivity index (χ0) is 11.5. The van der Waals surface area contributed by atoms with Crippen LogP contribution in [-0.2, 0) is 4.74 Å². The number of rotatable bonds is 3. The maximum absolute atomic E-state index is 11.4. The Balaban J connectivity index is 2.07. The molecule has 0 aromatic heterocycles. The molecule has 86 valence electrons. The quantitative estimate of drug-likeness (QED) is 0.923. The lowest BCUT2D eigenvalue weighted by atomic mass is 10.1. The number of cyclic esters (lactones) is 1. The molecular formula is C11H12BrNO3. The van der Waals surface area contributed by atoms with Crippen LogP contribution >= 0.6 is 15.9 Å². The molecule has 0 spiro atoms. The van der Waals surface area contributed by atoms with Crippen molar-refractivity contribution in [3.8, 4) is 0 Å². The Morgan fingerprint density at radius 3 is 2.75 bits per heavy atom. The van der Waals surface area contributed by atoms with E-state index in [1.165, 1.54) is 4.90 Å². The molecule has 0 bridgehead atoms. The van der Waals surface area contributed by atoms with E-state index in [-0.39, 0.29) is 18.8 Å². The number of carbonyl (C=O) groups excluding carboxylic acids is 1. The topological polar surface area (TPSA) is 49.8 Å². The first-order valence-electron chi connectivity index (χ1n) is 5.02. The molecule has 1 atom stereocenters. The normalized spacial score (nSPS) is 20.0. The minimum atomic E-state index is -0.359. The van der Waals surface area contributed by atoms with Crippen molar-refractivity contribution in [3.63, 3.8) is 0 Å². The monoisotopic (exact) mass is 285 g/mol. The van der Waals surface area contributed by atoms with Gasteiger partial charge in [-0.25, -0.2) is 4.79 Å². The third-order valence-electron chi connectivity index (χ3n) is 2.50. The number of aliphatic hydroxyl groups is 1. The Morgan fingerprint density at radius 2 is 2.12 bits per heavy atom. The van der Waals surface area contributed by atoms with Crippen LogP contribution in [0.1, 0.15) is 11.7 Å². The largest absolute Gasteiger partial charge is 0.439 e. The third kappa shape index (κ3) is 2.36. The van der Waals surface area contributed by atoms with Gasteiger partial charge in [-0.2, -0.15) is 0 Å². The molecule has 1 heterocycles. The smallest absolute Gasteiger partial charge is 0.410 e. The molecule has 0 radical (unpaired) electrons. The molecule has 0 aliphatic carbocycles. The van der Waals surface area contributed by atoms with Gasteiger partial charge in [-0.05, 0) is 17.7 Å². The standard InChI is InChI=1S/C11H12BrNO3/c12-9-3-1-8(2-4-9)10-7-13(5-6-14)11(15)16-10/h1-4,10,14H,5-7H2. The Labute approximate surface area is 102 Å². The minimum absolute atomic E-state index is 0.0395. The van der Waals surface area contributed by atoms with Crippen molar-refractivity contribution in [1.82, 2.24) is 4.90 Å². The van der Waals surface area contributed by atoms with Crippen LogP contribution in [0.2, 0.25) is 0 Å². The number of hydrogen-bond acceptors (Lipinski definition) is 3. The number of ether oxygens (including phenoxy) is 1. The molecule has 1 N–H and O–H groups in total. The Morgan fingerprint density at radius 1 is 1.44 bits per heavy atom. The van der Waals surface area contributed by atoms with E-state index in [1.807, 2.05) is 24.3 Å². The van der Waals surface area contributed by atoms with Gasteiger partial charge in [-0.3, -0.25) is 0 Å². The van der Waals surface area contributed by atoms with Gasteiger partial charge in [0.2, 0.25) is 0 Å². The summed E-state index contributed by atoms with van der Waals surface area (Å²) in [6.45, 7) is 0.787. The first-order valence-corrected chi connectivity index (χ1v) is 5.82. The first kappa shape index (κ1) is 11.4. The number of aliphatic hydroxyl groups excluding tert-OH is 1. The van der Waals surface area contributed by atoms with E-state index in [4.69, 9.17) is 9.84 Å². The van der Waals surface area contributed by atoms with Gasteiger partial charge in [0.05, 0.1) is 13.2 Å². The average molecular weight is 286 g/mol. The second-order valence-electron chi connectivity index (χ2n) is 3.59. The van der Waals surface area contributed by atoms with Crippen LogP contribution in [0, 0.1) is 0 Å². The van der Waals surface area contributed by atoms with E-state index >= 15 is 0 Å². The SMILES string of the molecule is O=C1OC(c2ccc(Br)cc2)CN1CCO. The molecule has 1 fully saturated rings. The zero-order valence-corrected chi connectivity index (χ0v) is 10.2. The van der Waals surface area contributed by atoms with Gasteiger partial charge in [-0.15, -0.1) is 0 Å². The van der Waals surface area contributed by atoms with Crippen molar-refractivity contribution in [2.24, 2.45) is 0 Å². The molecule has 1 saturated heterocycles.